The van der Waals surface area contributed by atoms with Crippen molar-refractivity contribution in [3.8, 4) is 0 Å². The zero-order valence-corrected chi connectivity index (χ0v) is 8.01. The molecule has 0 saturated carbocycles. The number of ether oxygens (including phenoxy) is 1. The van der Waals surface area contributed by atoms with E-state index in [0.29, 0.717) is 25.4 Å². The largest absolute Gasteiger partial charge is 0.377 e. The quantitative estimate of drug-likeness (QED) is 0.432. The van der Waals surface area contributed by atoms with E-state index in [1.165, 1.54) is 0 Å². The van der Waals surface area contributed by atoms with Gasteiger partial charge in [0.1, 0.15) is 5.78 Å². The zero-order valence-electron chi connectivity index (χ0n) is 8.01. The molecule has 0 aliphatic rings. The summed E-state index contributed by atoms with van der Waals surface area (Å²) < 4.78 is 5.22. The molecule has 0 amide bonds. The van der Waals surface area contributed by atoms with Crippen LogP contribution in [0, 0.1) is 5.92 Å². The molecule has 0 spiro atoms. The second kappa shape index (κ2) is 7.04. The zero-order chi connectivity index (χ0) is 9.40. The lowest BCUT2D eigenvalue weighted by Gasteiger charge is -2.11. The molecule has 2 nitrogen and oxygen atoms in total. The monoisotopic (exact) mass is 170 g/mol. The Morgan fingerprint density at radius 3 is 2.67 bits per heavy atom. The van der Waals surface area contributed by atoms with Gasteiger partial charge in [0.2, 0.25) is 0 Å². The second-order valence-electron chi connectivity index (χ2n) is 2.75. The maximum Gasteiger partial charge on any atom is 0.137 e. The minimum Gasteiger partial charge on any atom is -0.377 e. The molecule has 0 heterocycles. The SMILES string of the molecule is C=CCOCC(CC)C(=O)CC. The average molecular weight is 170 g/mol. The van der Waals surface area contributed by atoms with Gasteiger partial charge in [0.15, 0.2) is 0 Å². The molecular weight excluding hydrogens is 152 g/mol. The highest BCUT2D eigenvalue weighted by Gasteiger charge is 2.13. The van der Waals surface area contributed by atoms with Crippen LogP contribution in [0.4, 0.5) is 0 Å². The minimum absolute atomic E-state index is 0.0787. The molecule has 0 aromatic carbocycles. The molecule has 12 heavy (non-hydrogen) atoms. The summed E-state index contributed by atoms with van der Waals surface area (Å²) in [7, 11) is 0. The van der Waals surface area contributed by atoms with Gasteiger partial charge in [-0.05, 0) is 6.42 Å². The van der Waals surface area contributed by atoms with Gasteiger partial charge in [-0.15, -0.1) is 6.58 Å². The van der Waals surface area contributed by atoms with E-state index in [0.717, 1.165) is 6.42 Å². The smallest absolute Gasteiger partial charge is 0.137 e. The highest BCUT2D eigenvalue weighted by molar-refractivity contribution is 5.80. The first-order chi connectivity index (χ1) is 5.76. The molecule has 0 aromatic rings. The van der Waals surface area contributed by atoms with Gasteiger partial charge in [-0.25, -0.2) is 0 Å². The third-order valence-electron chi connectivity index (χ3n) is 1.85. The number of carbonyl (C=O) groups is 1. The fourth-order valence-electron chi connectivity index (χ4n) is 1.02. The van der Waals surface area contributed by atoms with Gasteiger partial charge in [-0.1, -0.05) is 19.9 Å². The van der Waals surface area contributed by atoms with Crippen molar-refractivity contribution in [2.75, 3.05) is 13.2 Å². The van der Waals surface area contributed by atoms with Crippen LogP contribution in [0.2, 0.25) is 0 Å². The van der Waals surface area contributed by atoms with Crippen molar-refractivity contribution >= 4 is 5.78 Å². The average Bonchev–Trinajstić information content (AvgIpc) is 2.11. The Bertz CT molecular complexity index is 141. The van der Waals surface area contributed by atoms with Gasteiger partial charge >= 0.3 is 0 Å². The van der Waals surface area contributed by atoms with Crippen molar-refractivity contribution in [3.05, 3.63) is 12.7 Å². The summed E-state index contributed by atoms with van der Waals surface area (Å²) in [5.41, 5.74) is 0. The van der Waals surface area contributed by atoms with Crippen molar-refractivity contribution in [2.24, 2.45) is 5.92 Å². The Morgan fingerprint density at radius 2 is 2.25 bits per heavy atom. The summed E-state index contributed by atoms with van der Waals surface area (Å²) in [5.74, 6) is 0.372. The molecule has 0 rings (SSSR count). The number of rotatable bonds is 7. The molecule has 0 aliphatic heterocycles. The van der Waals surface area contributed by atoms with Crippen LogP contribution in [0.5, 0.6) is 0 Å². The highest BCUT2D eigenvalue weighted by Crippen LogP contribution is 2.06. The first kappa shape index (κ1) is 11.4. The summed E-state index contributed by atoms with van der Waals surface area (Å²) in [4.78, 5) is 11.2. The number of hydrogen-bond donors (Lipinski definition) is 0. The van der Waals surface area contributed by atoms with Gasteiger partial charge in [-0.2, -0.15) is 0 Å². The maximum absolute atomic E-state index is 11.2. The Labute approximate surface area is 74.6 Å². The number of carbonyl (C=O) groups excluding carboxylic acids is 1. The standard InChI is InChI=1S/C10H18O2/c1-4-7-12-8-9(5-2)10(11)6-3/h4,9H,1,5-8H2,2-3H3. The lowest BCUT2D eigenvalue weighted by Crippen LogP contribution is -2.18. The molecule has 0 radical (unpaired) electrons. The molecule has 2 heteroatoms. The van der Waals surface area contributed by atoms with Crippen LogP contribution in [0.15, 0.2) is 12.7 Å². The van der Waals surface area contributed by atoms with Crippen molar-refractivity contribution in [1.82, 2.24) is 0 Å². The van der Waals surface area contributed by atoms with E-state index in [4.69, 9.17) is 4.74 Å². The Balaban J connectivity index is 3.66. The van der Waals surface area contributed by atoms with Crippen LogP contribution in [-0.2, 0) is 9.53 Å². The summed E-state index contributed by atoms with van der Waals surface area (Å²) in [6.45, 7) is 8.51. The Hall–Kier alpha value is -0.630. The van der Waals surface area contributed by atoms with E-state index in [2.05, 4.69) is 6.58 Å². The first-order valence-electron chi connectivity index (χ1n) is 4.47. The van der Waals surface area contributed by atoms with Crippen molar-refractivity contribution in [2.45, 2.75) is 26.7 Å². The van der Waals surface area contributed by atoms with Crippen LogP contribution >= 0.6 is 0 Å². The lowest BCUT2D eigenvalue weighted by atomic mass is 10.0. The lowest BCUT2D eigenvalue weighted by molar-refractivity contribution is -0.124. The molecule has 0 bridgehead atoms. The fraction of sp³-hybridized carbons (Fsp3) is 0.700. The van der Waals surface area contributed by atoms with Crippen LogP contribution in [-0.4, -0.2) is 19.0 Å². The Morgan fingerprint density at radius 1 is 1.58 bits per heavy atom. The van der Waals surface area contributed by atoms with Crippen LogP contribution in [0.3, 0.4) is 0 Å². The molecule has 0 saturated heterocycles. The predicted molar refractivity (Wildman–Crippen MR) is 50.1 cm³/mol. The van der Waals surface area contributed by atoms with E-state index in [1.807, 2.05) is 13.8 Å². The topological polar surface area (TPSA) is 26.3 Å². The summed E-state index contributed by atoms with van der Waals surface area (Å²) >= 11 is 0. The second-order valence-corrected chi connectivity index (χ2v) is 2.75. The fourth-order valence-corrected chi connectivity index (χ4v) is 1.02. The number of Topliss-reactive ketones (excluding diaryl/α,β-unsaturated/α-hetero) is 1. The summed E-state index contributed by atoms with van der Waals surface area (Å²) in [5, 5.41) is 0. The molecule has 70 valence electrons. The summed E-state index contributed by atoms with van der Waals surface area (Å²) in [6.07, 6.45) is 3.17. The predicted octanol–water partition coefficient (Wildman–Crippen LogP) is 2.19. The molecule has 0 N–H and O–H groups in total. The highest BCUT2D eigenvalue weighted by atomic mass is 16.5. The number of hydrogen-bond acceptors (Lipinski definition) is 2. The summed E-state index contributed by atoms with van der Waals surface area (Å²) in [6, 6.07) is 0. The normalized spacial score (nSPS) is 12.5. The molecular formula is C10H18O2. The van der Waals surface area contributed by atoms with Gasteiger partial charge in [0, 0.05) is 12.3 Å². The molecule has 0 aliphatic carbocycles. The van der Waals surface area contributed by atoms with E-state index in [-0.39, 0.29) is 5.92 Å². The maximum atomic E-state index is 11.2. The third-order valence-corrected chi connectivity index (χ3v) is 1.85. The van der Waals surface area contributed by atoms with Crippen LogP contribution in [0.25, 0.3) is 0 Å². The van der Waals surface area contributed by atoms with E-state index in [1.54, 1.807) is 6.08 Å². The van der Waals surface area contributed by atoms with E-state index < -0.39 is 0 Å². The molecule has 0 fully saturated rings. The molecule has 1 atom stereocenters. The minimum atomic E-state index is 0.0787. The Kier molecular flexibility index (Phi) is 6.67. The van der Waals surface area contributed by atoms with Crippen molar-refractivity contribution in [1.29, 1.82) is 0 Å². The van der Waals surface area contributed by atoms with E-state index in [9.17, 15) is 4.79 Å². The van der Waals surface area contributed by atoms with Crippen LogP contribution < -0.4 is 0 Å². The van der Waals surface area contributed by atoms with Gasteiger partial charge in [0.25, 0.3) is 0 Å². The first-order valence-corrected chi connectivity index (χ1v) is 4.47. The van der Waals surface area contributed by atoms with Gasteiger partial charge in [0.05, 0.1) is 13.2 Å². The molecule has 0 aromatic heterocycles. The number of ketones is 1. The molecule has 1 unspecified atom stereocenters. The van der Waals surface area contributed by atoms with E-state index >= 15 is 0 Å². The third kappa shape index (κ3) is 4.29. The van der Waals surface area contributed by atoms with Gasteiger partial charge in [-0.3, -0.25) is 4.79 Å². The van der Waals surface area contributed by atoms with Crippen molar-refractivity contribution < 1.29 is 9.53 Å². The van der Waals surface area contributed by atoms with Crippen molar-refractivity contribution in [3.63, 3.8) is 0 Å². The van der Waals surface area contributed by atoms with Gasteiger partial charge < -0.3 is 4.74 Å². The van der Waals surface area contributed by atoms with Crippen LogP contribution in [0.1, 0.15) is 26.7 Å².